The van der Waals surface area contributed by atoms with Crippen molar-refractivity contribution in [2.24, 2.45) is 5.92 Å². The molecule has 1 saturated carbocycles. The highest BCUT2D eigenvalue weighted by molar-refractivity contribution is 5.81. The zero-order valence-corrected chi connectivity index (χ0v) is 15.1. The third kappa shape index (κ3) is 3.39. The Morgan fingerprint density at radius 3 is 2.52 bits per heavy atom. The van der Waals surface area contributed by atoms with Gasteiger partial charge in [0, 0.05) is 38.0 Å². The molecule has 1 aromatic carbocycles. The maximum atomic E-state index is 12.1. The molecule has 3 heterocycles. The summed E-state index contributed by atoms with van der Waals surface area (Å²) >= 11 is 0. The Labute approximate surface area is 157 Å². The number of pyridine rings is 1. The number of fused-ring (bicyclic) bond motifs is 1. The van der Waals surface area contributed by atoms with Crippen LogP contribution in [0.15, 0.2) is 48.9 Å². The van der Waals surface area contributed by atoms with Crippen LogP contribution >= 0.6 is 0 Å². The van der Waals surface area contributed by atoms with Crippen LogP contribution in [-0.2, 0) is 4.79 Å². The van der Waals surface area contributed by atoms with Crippen molar-refractivity contribution in [2.75, 3.05) is 13.1 Å². The molecule has 6 nitrogen and oxygen atoms in total. The molecule has 0 N–H and O–H groups in total. The molecule has 2 aromatic heterocycles. The van der Waals surface area contributed by atoms with Crippen LogP contribution < -0.4 is 4.74 Å². The summed E-state index contributed by atoms with van der Waals surface area (Å²) in [5, 5.41) is 4.12. The van der Waals surface area contributed by atoms with Crippen molar-refractivity contribution in [1.29, 1.82) is 0 Å². The minimum Gasteiger partial charge on any atom is -0.490 e. The number of likely N-dealkylation sites (tertiary alicyclic amines) is 1. The van der Waals surface area contributed by atoms with E-state index in [0.717, 1.165) is 61.3 Å². The lowest BCUT2D eigenvalue weighted by Gasteiger charge is -2.32. The smallest absolute Gasteiger partial charge is 0.225 e. The van der Waals surface area contributed by atoms with Gasteiger partial charge in [-0.15, -0.1) is 0 Å². The lowest BCUT2D eigenvalue weighted by atomic mass is 10.1. The molecular formula is C21H22N4O2. The molecule has 27 heavy (non-hydrogen) atoms. The SMILES string of the molecule is O=C(C1CC1)N1CCC(Oc2ccc(-c3ccn4ncnc4c3)cc2)CC1. The number of benzene rings is 1. The van der Waals surface area contributed by atoms with E-state index in [4.69, 9.17) is 4.74 Å². The van der Waals surface area contributed by atoms with Gasteiger partial charge in [0.05, 0.1) is 0 Å². The van der Waals surface area contributed by atoms with Crippen molar-refractivity contribution < 1.29 is 9.53 Å². The number of ether oxygens (including phenoxy) is 1. The number of amides is 1. The maximum Gasteiger partial charge on any atom is 0.225 e. The lowest BCUT2D eigenvalue weighted by Crippen LogP contribution is -2.42. The number of piperidine rings is 1. The maximum absolute atomic E-state index is 12.1. The van der Waals surface area contributed by atoms with Gasteiger partial charge in [0.15, 0.2) is 5.65 Å². The zero-order valence-electron chi connectivity index (χ0n) is 15.1. The second-order valence-corrected chi connectivity index (χ2v) is 7.42. The van der Waals surface area contributed by atoms with Gasteiger partial charge in [-0.2, -0.15) is 5.10 Å². The van der Waals surface area contributed by atoms with Gasteiger partial charge in [0.2, 0.25) is 5.91 Å². The van der Waals surface area contributed by atoms with E-state index in [2.05, 4.69) is 22.2 Å². The molecule has 1 aliphatic heterocycles. The molecule has 0 atom stereocenters. The van der Waals surface area contributed by atoms with Crippen molar-refractivity contribution in [3.8, 4) is 16.9 Å². The van der Waals surface area contributed by atoms with Crippen LogP contribution in [0.3, 0.4) is 0 Å². The molecule has 1 amide bonds. The Kier molecular flexibility index (Phi) is 4.03. The summed E-state index contributed by atoms with van der Waals surface area (Å²) in [6.07, 6.45) is 7.62. The highest BCUT2D eigenvalue weighted by Crippen LogP contribution is 2.32. The van der Waals surface area contributed by atoms with E-state index in [1.807, 2.05) is 35.4 Å². The van der Waals surface area contributed by atoms with Crippen molar-refractivity contribution in [2.45, 2.75) is 31.8 Å². The second kappa shape index (κ2) is 6.68. The zero-order chi connectivity index (χ0) is 18.2. The molecule has 0 unspecified atom stereocenters. The van der Waals surface area contributed by atoms with Crippen molar-refractivity contribution in [3.63, 3.8) is 0 Å². The first-order chi connectivity index (χ1) is 13.3. The quantitative estimate of drug-likeness (QED) is 0.715. The third-order valence-corrected chi connectivity index (χ3v) is 5.45. The van der Waals surface area contributed by atoms with Gasteiger partial charge in [-0.05, 0) is 48.2 Å². The number of carbonyl (C=O) groups is 1. The Hall–Kier alpha value is -2.89. The van der Waals surface area contributed by atoms with Crippen LogP contribution in [0.25, 0.3) is 16.8 Å². The Morgan fingerprint density at radius 1 is 1.00 bits per heavy atom. The highest BCUT2D eigenvalue weighted by Gasteiger charge is 2.35. The minimum absolute atomic E-state index is 0.187. The molecule has 3 aromatic rings. The first-order valence-corrected chi connectivity index (χ1v) is 9.61. The van der Waals surface area contributed by atoms with E-state index in [-0.39, 0.29) is 6.10 Å². The molecule has 6 heteroatoms. The lowest BCUT2D eigenvalue weighted by molar-refractivity contribution is -0.134. The summed E-state index contributed by atoms with van der Waals surface area (Å²) in [7, 11) is 0. The van der Waals surface area contributed by atoms with Crippen molar-refractivity contribution in [1.82, 2.24) is 19.5 Å². The normalized spacial score (nSPS) is 18.0. The number of aromatic nitrogens is 3. The monoisotopic (exact) mass is 362 g/mol. The van der Waals surface area contributed by atoms with E-state index in [1.165, 1.54) is 0 Å². The van der Waals surface area contributed by atoms with Crippen LogP contribution in [0.5, 0.6) is 5.75 Å². The first kappa shape index (κ1) is 16.3. The summed E-state index contributed by atoms with van der Waals surface area (Å²) in [5.41, 5.74) is 3.06. The molecule has 5 rings (SSSR count). The summed E-state index contributed by atoms with van der Waals surface area (Å²) < 4.78 is 7.90. The van der Waals surface area contributed by atoms with Gasteiger partial charge in [-0.25, -0.2) is 9.50 Å². The summed E-state index contributed by atoms with van der Waals surface area (Å²) in [4.78, 5) is 18.4. The molecule has 2 aliphatic rings. The largest absolute Gasteiger partial charge is 0.490 e. The van der Waals surface area contributed by atoms with Crippen LogP contribution in [0.4, 0.5) is 0 Å². The topological polar surface area (TPSA) is 59.7 Å². The molecule has 0 radical (unpaired) electrons. The molecular weight excluding hydrogens is 340 g/mol. The van der Waals surface area contributed by atoms with E-state index in [1.54, 1.807) is 10.8 Å². The fraction of sp³-hybridized carbons (Fsp3) is 0.381. The fourth-order valence-corrected chi connectivity index (χ4v) is 3.70. The number of carbonyl (C=O) groups excluding carboxylic acids is 1. The first-order valence-electron chi connectivity index (χ1n) is 9.61. The molecule has 1 saturated heterocycles. The van der Waals surface area contributed by atoms with Gasteiger partial charge in [0.1, 0.15) is 18.2 Å². The van der Waals surface area contributed by atoms with Crippen LogP contribution in [0, 0.1) is 5.92 Å². The molecule has 0 bridgehead atoms. The average Bonchev–Trinajstić information content (AvgIpc) is 3.46. The molecule has 1 aliphatic carbocycles. The number of hydrogen-bond acceptors (Lipinski definition) is 4. The number of nitrogens with zero attached hydrogens (tertiary/aromatic N) is 4. The number of hydrogen-bond donors (Lipinski definition) is 0. The van der Waals surface area contributed by atoms with E-state index in [9.17, 15) is 4.79 Å². The number of rotatable bonds is 4. The minimum atomic E-state index is 0.187. The predicted molar refractivity (Wildman–Crippen MR) is 101 cm³/mol. The van der Waals surface area contributed by atoms with Gasteiger partial charge in [-0.1, -0.05) is 12.1 Å². The Balaban J connectivity index is 1.21. The standard InChI is InChI=1S/C21H22N4O2/c26-21(16-1-2-16)24-10-8-19(9-11-24)27-18-5-3-15(4-6-18)17-7-12-25-20(13-17)22-14-23-25/h3-7,12-14,16,19H,1-2,8-11H2. The van der Waals surface area contributed by atoms with Crippen LogP contribution in [0.1, 0.15) is 25.7 Å². The second-order valence-electron chi connectivity index (χ2n) is 7.42. The average molecular weight is 362 g/mol. The van der Waals surface area contributed by atoms with E-state index < -0.39 is 0 Å². The van der Waals surface area contributed by atoms with E-state index in [0.29, 0.717) is 11.8 Å². The molecule has 0 spiro atoms. The van der Waals surface area contributed by atoms with Crippen LogP contribution in [0.2, 0.25) is 0 Å². The molecule has 138 valence electrons. The summed E-state index contributed by atoms with van der Waals surface area (Å²) in [6.45, 7) is 1.63. The van der Waals surface area contributed by atoms with Gasteiger partial charge in [-0.3, -0.25) is 4.79 Å². The summed E-state index contributed by atoms with van der Waals surface area (Å²) in [6, 6.07) is 12.2. The predicted octanol–water partition coefficient (Wildman–Crippen LogP) is 3.18. The van der Waals surface area contributed by atoms with Gasteiger partial charge < -0.3 is 9.64 Å². The van der Waals surface area contributed by atoms with Crippen molar-refractivity contribution >= 4 is 11.6 Å². The third-order valence-electron chi connectivity index (χ3n) is 5.45. The van der Waals surface area contributed by atoms with Crippen molar-refractivity contribution in [3.05, 3.63) is 48.9 Å². The van der Waals surface area contributed by atoms with E-state index >= 15 is 0 Å². The molecule has 2 fully saturated rings. The Morgan fingerprint density at radius 2 is 1.78 bits per heavy atom. The van der Waals surface area contributed by atoms with Crippen LogP contribution in [-0.4, -0.2) is 44.6 Å². The fourth-order valence-electron chi connectivity index (χ4n) is 3.70. The van der Waals surface area contributed by atoms with Gasteiger partial charge in [0.25, 0.3) is 0 Å². The highest BCUT2D eigenvalue weighted by atomic mass is 16.5. The summed E-state index contributed by atoms with van der Waals surface area (Å²) in [5.74, 6) is 1.55. The van der Waals surface area contributed by atoms with Gasteiger partial charge >= 0.3 is 0 Å². The Bertz CT molecular complexity index is 954.